The van der Waals surface area contributed by atoms with Gasteiger partial charge in [0.1, 0.15) is 6.61 Å². The van der Waals surface area contributed by atoms with Crippen molar-refractivity contribution in [3.8, 4) is 11.3 Å². The molecule has 1 amide bonds. The molecule has 0 unspecified atom stereocenters. The Labute approximate surface area is 158 Å². The van der Waals surface area contributed by atoms with Crippen molar-refractivity contribution in [1.29, 1.82) is 0 Å². The normalized spacial score (nSPS) is 14.9. The Bertz CT molecular complexity index is 782. The van der Waals surface area contributed by atoms with Gasteiger partial charge in [-0.3, -0.25) is 14.8 Å². The van der Waals surface area contributed by atoms with E-state index in [0.29, 0.717) is 5.92 Å². The Kier molecular flexibility index (Phi) is 6.13. The number of likely N-dealkylation sites (tertiary alicyclic amines) is 1. The molecule has 1 aromatic heterocycles. The number of rotatable bonds is 6. The molecule has 27 heavy (non-hydrogen) atoms. The van der Waals surface area contributed by atoms with Gasteiger partial charge in [-0.1, -0.05) is 12.1 Å². The van der Waals surface area contributed by atoms with E-state index in [1.807, 2.05) is 4.90 Å². The molecule has 0 radical (unpaired) electrons. The number of methoxy groups -OCH3 is 1. The van der Waals surface area contributed by atoms with Crippen molar-refractivity contribution in [2.75, 3.05) is 26.8 Å². The first-order valence-electron chi connectivity index (χ1n) is 8.98. The molecule has 142 valence electrons. The zero-order valence-electron chi connectivity index (χ0n) is 15.3. The summed E-state index contributed by atoms with van der Waals surface area (Å²) in [6.45, 7) is 1.66. The number of aromatic nitrogens is 2. The third kappa shape index (κ3) is 4.89. The molecule has 3 rings (SSSR count). The SMILES string of the molecule is COCC(=O)N1CCC(Cc2cnc(-c3ccc(C(=O)O)cc3)cn2)CC1. The van der Waals surface area contributed by atoms with Crippen LogP contribution in [0.5, 0.6) is 0 Å². The predicted octanol–water partition coefficient (Wildman–Crippen LogP) is 2.27. The third-order valence-corrected chi connectivity index (χ3v) is 4.87. The van der Waals surface area contributed by atoms with Crippen molar-refractivity contribution in [1.82, 2.24) is 14.9 Å². The van der Waals surface area contributed by atoms with Crippen LogP contribution in [0.3, 0.4) is 0 Å². The van der Waals surface area contributed by atoms with Gasteiger partial charge in [0, 0.05) is 32.0 Å². The largest absolute Gasteiger partial charge is 0.478 e. The summed E-state index contributed by atoms with van der Waals surface area (Å²) in [6, 6.07) is 6.59. The summed E-state index contributed by atoms with van der Waals surface area (Å²) in [5, 5.41) is 8.96. The summed E-state index contributed by atoms with van der Waals surface area (Å²) < 4.78 is 4.91. The zero-order chi connectivity index (χ0) is 19.2. The van der Waals surface area contributed by atoms with Crippen LogP contribution in [-0.4, -0.2) is 58.7 Å². The molecular formula is C20H23N3O4. The molecule has 7 heteroatoms. The van der Waals surface area contributed by atoms with E-state index in [1.54, 1.807) is 36.7 Å². The summed E-state index contributed by atoms with van der Waals surface area (Å²) in [6.07, 6.45) is 6.26. The maximum absolute atomic E-state index is 11.8. The van der Waals surface area contributed by atoms with E-state index in [1.165, 1.54) is 7.11 Å². The Morgan fingerprint density at radius 2 is 1.85 bits per heavy atom. The first kappa shape index (κ1) is 19.0. The summed E-state index contributed by atoms with van der Waals surface area (Å²) in [4.78, 5) is 33.6. The zero-order valence-corrected chi connectivity index (χ0v) is 15.3. The van der Waals surface area contributed by atoms with Crippen LogP contribution in [0.4, 0.5) is 0 Å². The lowest BCUT2D eigenvalue weighted by Crippen LogP contribution is -2.40. The van der Waals surface area contributed by atoms with Gasteiger partial charge in [-0.2, -0.15) is 0 Å². The van der Waals surface area contributed by atoms with Crippen LogP contribution in [-0.2, 0) is 16.0 Å². The Morgan fingerprint density at radius 3 is 2.41 bits per heavy atom. The minimum absolute atomic E-state index is 0.0500. The summed E-state index contributed by atoms with van der Waals surface area (Å²) in [5.41, 5.74) is 2.74. The van der Waals surface area contributed by atoms with Gasteiger partial charge in [0.25, 0.3) is 0 Å². The van der Waals surface area contributed by atoms with E-state index in [4.69, 9.17) is 9.84 Å². The summed E-state index contributed by atoms with van der Waals surface area (Å²) in [5.74, 6) is -0.404. The Balaban J connectivity index is 1.55. The Morgan fingerprint density at radius 1 is 1.15 bits per heavy atom. The quantitative estimate of drug-likeness (QED) is 0.840. The van der Waals surface area contributed by atoms with Gasteiger partial charge in [-0.25, -0.2) is 4.79 Å². The molecule has 1 aliphatic heterocycles. The average molecular weight is 369 g/mol. The van der Waals surface area contributed by atoms with Crippen LogP contribution < -0.4 is 0 Å². The van der Waals surface area contributed by atoms with E-state index >= 15 is 0 Å². The fourth-order valence-corrected chi connectivity index (χ4v) is 3.29. The lowest BCUT2D eigenvalue weighted by molar-refractivity contribution is -0.136. The van der Waals surface area contributed by atoms with Crippen LogP contribution in [0.15, 0.2) is 36.7 Å². The number of carbonyl (C=O) groups excluding carboxylic acids is 1. The highest BCUT2D eigenvalue weighted by molar-refractivity contribution is 5.88. The first-order valence-corrected chi connectivity index (χ1v) is 8.98. The molecule has 0 atom stereocenters. The Hall–Kier alpha value is -2.80. The number of carbonyl (C=O) groups is 2. The second-order valence-electron chi connectivity index (χ2n) is 6.74. The van der Waals surface area contributed by atoms with E-state index < -0.39 is 5.97 Å². The smallest absolute Gasteiger partial charge is 0.335 e. The molecule has 1 aromatic carbocycles. The van der Waals surface area contributed by atoms with Crippen LogP contribution >= 0.6 is 0 Å². The van der Waals surface area contributed by atoms with Crippen LogP contribution in [0.1, 0.15) is 28.9 Å². The second kappa shape index (κ2) is 8.73. The molecular weight excluding hydrogens is 346 g/mol. The number of ether oxygens (including phenoxy) is 1. The molecule has 0 aliphatic carbocycles. The van der Waals surface area contributed by atoms with Crippen molar-refractivity contribution in [2.24, 2.45) is 5.92 Å². The molecule has 2 heterocycles. The monoisotopic (exact) mass is 369 g/mol. The topological polar surface area (TPSA) is 92.6 Å². The van der Waals surface area contributed by atoms with Crippen molar-refractivity contribution < 1.29 is 19.4 Å². The standard InChI is InChI=1S/C20H23N3O4/c1-27-13-19(24)23-8-6-14(7-9-23)10-17-11-22-18(12-21-17)15-2-4-16(5-3-15)20(25)26/h2-5,11-12,14H,6-10,13H2,1H3,(H,25,26). The number of hydrogen-bond acceptors (Lipinski definition) is 5. The van der Waals surface area contributed by atoms with Gasteiger partial charge in [-0.05, 0) is 37.3 Å². The number of amides is 1. The number of carboxylic acids is 1. The third-order valence-electron chi connectivity index (χ3n) is 4.87. The van der Waals surface area contributed by atoms with Crippen LogP contribution in [0.25, 0.3) is 11.3 Å². The lowest BCUT2D eigenvalue weighted by atomic mass is 9.92. The number of nitrogens with zero attached hydrogens (tertiary/aromatic N) is 3. The van der Waals surface area contributed by atoms with E-state index in [0.717, 1.165) is 49.3 Å². The molecule has 0 saturated carbocycles. The van der Waals surface area contributed by atoms with Gasteiger partial charge < -0.3 is 14.7 Å². The minimum Gasteiger partial charge on any atom is -0.478 e. The maximum atomic E-state index is 11.8. The highest BCUT2D eigenvalue weighted by Gasteiger charge is 2.23. The predicted molar refractivity (Wildman–Crippen MR) is 99.3 cm³/mol. The van der Waals surface area contributed by atoms with Crippen molar-refractivity contribution in [2.45, 2.75) is 19.3 Å². The molecule has 0 bridgehead atoms. The average Bonchev–Trinajstić information content (AvgIpc) is 2.69. The van der Waals surface area contributed by atoms with Gasteiger partial charge in [0.05, 0.1) is 23.1 Å². The van der Waals surface area contributed by atoms with E-state index in [9.17, 15) is 9.59 Å². The highest BCUT2D eigenvalue weighted by atomic mass is 16.5. The van der Waals surface area contributed by atoms with E-state index in [-0.39, 0.29) is 18.1 Å². The molecule has 1 aliphatic rings. The van der Waals surface area contributed by atoms with Gasteiger partial charge in [0.2, 0.25) is 5.91 Å². The molecule has 1 fully saturated rings. The lowest BCUT2D eigenvalue weighted by Gasteiger charge is -2.31. The fourth-order valence-electron chi connectivity index (χ4n) is 3.29. The molecule has 1 saturated heterocycles. The van der Waals surface area contributed by atoms with Crippen molar-refractivity contribution >= 4 is 11.9 Å². The van der Waals surface area contributed by atoms with Crippen LogP contribution in [0.2, 0.25) is 0 Å². The molecule has 1 N–H and O–H groups in total. The van der Waals surface area contributed by atoms with Gasteiger partial charge in [-0.15, -0.1) is 0 Å². The van der Waals surface area contributed by atoms with Crippen LogP contribution in [0, 0.1) is 5.92 Å². The fraction of sp³-hybridized carbons (Fsp3) is 0.400. The molecule has 7 nitrogen and oxygen atoms in total. The number of benzene rings is 1. The van der Waals surface area contributed by atoms with Crippen molar-refractivity contribution in [3.63, 3.8) is 0 Å². The second-order valence-corrected chi connectivity index (χ2v) is 6.74. The minimum atomic E-state index is -0.946. The van der Waals surface area contributed by atoms with Gasteiger partial charge >= 0.3 is 5.97 Å². The van der Waals surface area contributed by atoms with Crippen molar-refractivity contribution in [3.05, 3.63) is 47.9 Å². The van der Waals surface area contributed by atoms with Gasteiger partial charge in [0.15, 0.2) is 0 Å². The maximum Gasteiger partial charge on any atom is 0.335 e. The first-order chi connectivity index (χ1) is 13.1. The number of carboxylic acid groups (broad SMARTS) is 1. The highest BCUT2D eigenvalue weighted by Crippen LogP contribution is 2.22. The molecule has 2 aromatic rings. The number of piperidine rings is 1. The van der Waals surface area contributed by atoms with E-state index in [2.05, 4.69) is 9.97 Å². The summed E-state index contributed by atoms with van der Waals surface area (Å²) in [7, 11) is 1.54. The number of aromatic carboxylic acids is 1. The number of hydrogen-bond donors (Lipinski definition) is 1. The molecule has 0 spiro atoms. The summed E-state index contributed by atoms with van der Waals surface area (Å²) >= 11 is 0.